The molecule has 1 rings (SSSR count). The maximum Gasteiger partial charge on any atom is 0.152 e. The number of hydrogen-bond acceptors (Lipinski definition) is 4. The zero-order valence-corrected chi connectivity index (χ0v) is 11.0. The molecule has 1 aliphatic rings. The molecule has 16 heavy (non-hydrogen) atoms. The average Bonchev–Trinajstić information content (AvgIpc) is 2.28. The molecule has 0 aromatic heterocycles. The molecule has 5 heteroatoms. The molecule has 4 nitrogen and oxygen atoms in total. The van der Waals surface area contributed by atoms with E-state index in [1.807, 2.05) is 0 Å². The lowest BCUT2D eigenvalue weighted by Crippen LogP contribution is -2.43. The molecule has 0 amide bonds. The van der Waals surface area contributed by atoms with E-state index in [0.717, 1.165) is 25.9 Å². The Morgan fingerprint density at radius 3 is 2.56 bits per heavy atom. The van der Waals surface area contributed by atoms with Crippen molar-refractivity contribution in [1.29, 1.82) is 0 Å². The van der Waals surface area contributed by atoms with Crippen LogP contribution in [0.2, 0.25) is 0 Å². The predicted molar refractivity (Wildman–Crippen MR) is 65.2 cm³/mol. The van der Waals surface area contributed by atoms with Gasteiger partial charge in [0.1, 0.15) is 0 Å². The molecular formula is C11H23NO3S. The summed E-state index contributed by atoms with van der Waals surface area (Å²) in [6.07, 6.45) is 2.50. The monoisotopic (exact) mass is 249 g/mol. The van der Waals surface area contributed by atoms with Crippen LogP contribution < -0.4 is 5.32 Å². The SMILES string of the molecule is CC(C)S(=O)(=O)CCC1(CO)CCCNC1. The maximum atomic E-state index is 11.7. The first-order valence-electron chi connectivity index (χ1n) is 5.95. The molecule has 1 saturated heterocycles. The third-order valence-corrected chi connectivity index (χ3v) is 5.74. The Labute approximate surface area is 98.4 Å². The van der Waals surface area contributed by atoms with Crippen LogP contribution >= 0.6 is 0 Å². The highest BCUT2D eigenvalue weighted by molar-refractivity contribution is 7.91. The predicted octanol–water partition coefficient (Wildman–Crippen LogP) is 0.562. The van der Waals surface area contributed by atoms with Crippen LogP contribution in [0.5, 0.6) is 0 Å². The first-order chi connectivity index (χ1) is 7.42. The number of aliphatic hydroxyl groups is 1. The number of piperidine rings is 1. The van der Waals surface area contributed by atoms with Crippen molar-refractivity contribution >= 4 is 9.84 Å². The van der Waals surface area contributed by atoms with Gasteiger partial charge in [0, 0.05) is 18.6 Å². The van der Waals surface area contributed by atoms with Gasteiger partial charge in [0.2, 0.25) is 0 Å². The second-order valence-electron chi connectivity index (χ2n) is 5.10. The zero-order valence-electron chi connectivity index (χ0n) is 10.2. The van der Waals surface area contributed by atoms with Crippen molar-refractivity contribution in [2.45, 2.75) is 38.4 Å². The molecule has 1 aliphatic heterocycles. The van der Waals surface area contributed by atoms with Gasteiger partial charge in [-0.15, -0.1) is 0 Å². The fourth-order valence-corrected chi connectivity index (χ4v) is 3.24. The fraction of sp³-hybridized carbons (Fsp3) is 1.00. The highest BCUT2D eigenvalue weighted by atomic mass is 32.2. The summed E-state index contributed by atoms with van der Waals surface area (Å²) in [4.78, 5) is 0. The van der Waals surface area contributed by atoms with E-state index >= 15 is 0 Å². The van der Waals surface area contributed by atoms with E-state index in [1.54, 1.807) is 13.8 Å². The second-order valence-corrected chi connectivity index (χ2v) is 7.78. The summed E-state index contributed by atoms with van der Waals surface area (Å²) in [6, 6.07) is 0. The van der Waals surface area contributed by atoms with Gasteiger partial charge in [-0.3, -0.25) is 0 Å². The molecule has 1 unspecified atom stereocenters. The van der Waals surface area contributed by atoms with Crippen LogP contribution in [-0.4, -0.2) is 44.2 Å². The second kappa shape index (κ2) is 5.47. The summed E-state index contributed by atoms with van der Waals surface area (Å²) >= 11 is 0. The van der Waals surface area contributed by atoms with Crippen molar-refractivity contribution < 1.29 is 13.5 Å². The van der Waals surface area contributed by atoms with Crippen molar-refractivity contribution in [3.8, 4) is 0 Å². The van der Waals surface area contributed by atoms with E-state index in [4.69, 9.17) is 0 Å². The summed E-state index contributed by atoms with van der Waals surface area (Å²) in [6.45, 7) is 5.20. The van der Waals surface area contributed by atoms with E-state index in [9.17, 15) is 13.5 Å². The van der Waals surface area contributed by atoms with Crippen LogP contribution in [-0.2, 0) is 9.84 Å². The Hall–Kier alpha value is -0.130. The first-order valence-corrected chi connectivity index (χ1v) is 7.67. The van der Waals surface area contributed by atoms with Gasteiger partial charge in [-0.05, 0) is 39.7 Å². The van der Waals surface area contributed by atoms with E-state index < -0.39 is 9.84 Å². The van der Waals surface area contributed by atoms with Crippen molar-refractivity contribution in [1.82, 2.24) is 5.32 Å². The minimum absolute atomic E-state index is 0.0770. The zero-order chi connectivity index (χ0) is 12.2. The number of aliphatic hydroxyl groups excluding tert-OH is 1. The molecule has 2 N–H and O–H groups in total. The molecular weight excluding hydrogens is 226 g/mol. The minimum atomic E-state index is -2.98. The lowest BCUT2D eigenvalue weighted by Gasteiger charge is -2.36. The number of sulfone groups is 1. The average molecular weight is 249 g/mol. The molecule has 0 aromatic carbocycles. The summed E-state index contributed by atoms with van der Waals surface area (Å²) in [7, 11) is -2.98. The normalized spacial score (nSPS) is 27.2. The van der Waals surface area contributed by atoms with E-state index in [2.05, 4.69) is 5.32 Å². The largest absolute Gasteiger partial charge is 0.396 e. The van der Waals surface area contributed by atoms with E-state index in [1.165, 1.54) is 0 Å². The topological polar surface area (TPSA) is 66.4 Å². The van der Waals surface area contributed by atoms with Gasteiger partial charge in [-0.1, -0.05) is 0 Å². The van der Waals surface area contributed by atoms with Gasteiger partial charge in [-0.2, -0.15) is 0 Å². The number of hydrogen-bond donors (Lipinski definition) is 2. The van der Waals surface area contributed by atoms with Crippen LogP contribution in [0.1, 0.15) is 33.1 Å². The van der Waals surface area contributed by atoms with Crippen LogP contribution in [0.3, 0.4) is 0 Å². The Balaban J connectivity index is 2.58. The fourth-order valence-electron chi connectivity index (χ4n) is 2.05. The van der Waals surface area contributed by atoms with Gasteiger partial charge in [0.25, 0.3) is 0 Å². The van der Waals surface area contributed by atoms with Gasteiger partial charge >= 0.3 is 0 Å². The van der Waals surface area contributed by atoms with Crippen molar-refractivity contribution in [3.05, 3.63) is 0 Å². The molecule has 1 atom stereocenters. The molecule has 0 saturated carbocycles. The summed E-state index contributed by atoms with van der Waals surface area (Å²) in [5.41, 5.74) is -0.222. The van der Waals surface area contributed by atoms with Gasteiger partial charge in [-0.25, -0.2) is 8.42 Å². The summed E-state index contributed by atoms with van der Waals surface area (Å²) in [5.74, 6) is 0.187. The molecule has 0 spiro atoms. The quantitative estimate of drug-likeness (QED) is 0.747. The molecule has 0 aromatic rings. The van der Waals surface area contributed by atoms with Crippen molar-refractivity contribution in [2.75, 3.05) is 25.4 Å². The Bertz CT molecular complexity index is 305. The third kappa shape index (κ3) is 3.43. The van der Waals surface area contributed by atoms with Crippen LogP contribution in [0.25, 0.3) is 0 Å². The van der Waals surface area contributed by atoms with Crippen LogP contribution in [0, 0.1) is 5.41 Å². The van der Waals surface area contributed by atoms with E-state index in [0.29, 0.717) is 6.42 Å². The van der Waals surface area contributed by atoms with Crippen molar-refractivity contribution in [2.24, 2.45) is 5.41 Å². The minimum Gasteiger partial charge on any atom is -0.396 e. The Kier molecular flexibility index (Phi) is 4.76. The lowest BCUT2D eigenvalue weighted by atomic mass is 9.79. The standard InChI is InChI=1S/C11H23NO3S/c1-10(2)16(14,15)7-5-11(9-13)4-3-6-12-8-11/h10,12-13H,3-9H2,1-2H3. The molecule has 0 bridgehead atoms. The molecule has 96 valence electrons. The molecule has 0 radical (unpaired) electrons. The number of nitrogens with one attached hydrogen (secondary N) is 1. The van der Waals surface area contributed by atoms with E-state index in [-0.39, 0.29) is 23.0 Å². The Morgan fingerprint density at radius 1 is 1.44 bits per heavy atom. The lowest BCUT2D eigenvalue weighted by molar-refractivity contribution is 0.0915. The summed E-state index contributed by atoms with van der Waals surface area (Å²) < 4.78 is 23.5. The van der Waals surface area contributed by atoms with Gasteiger partial charge < -0.3 is 10.4 Å². The van der Waals surface area contributed by atoms with Crippen molar-refractivity contribution in [3.63, 3.8) is 0 Å². The third-order valence-electron chi connectivity index (χ3n) is 3.53. The van der Waals surface area contributed by atoms with Crippen LogP contribution in [0.4, 0.5) is 0 Å². The first kappa shape index (κ1) is 13.9. The maximum absolute atomic E-state index is 11.7. The molecule has 1 fully saturated rings. The summed E-state index contributed by atoms with van der Waals surface area (Å²) in [5, 5.41) is 12.4. The van der Waals surface area contributed by atoms with Crippen LogP contribution in [0.15, 0.2) is 0 Å². The van der Waals surface area contributed by atoms with Gasteiger partial charge in [0.05, 0.1) is 11.0 Å². The van der Waals surface area contributed by atoms with Gasteiger partial charge in [0.15, 0.2) is 9.84 Å². The molecule has 1 heterocycles. The number of rotatable bonds is 5. The smallest absolute Gasteiger partial charge is 0.152 e. The molecule has 0 aliphatic carbocycles. The highest BCUT2D eigenvalue weighted by Crippen LogP contribution is 2.30. The highest BCUT2D eigenvalue weighted by Gasteiger charge is 2.33. The Morgan fingerprint density at radius 2 is 2.12 bits per heavy atom.